The van der Waals surface area contributed by atoms with Gasteiger partial charge in [0.1, 0.15) is 11.9 Å². The number of carbonyl (C=O) groups excluding carboxylic acids is 2. The maximum atomic E-state index is 11.6. The molecule has 1 unspecified atom stereocenters. The minimum absolute atomic E-state index is 0.211. The first kappa shape index (κ1) is 17.2. The van der Waals surface area contributed by atoms with Crippen LogP contribution in [0.1, 0.15) is 26.3 Å². The average Bonchev–Trinajstić information content (AvgIpc) is 2.39. The largest absolute Gasteiger partial charge is 0.459 e. The fraction of sp³-hybridized carbons (Fsp3) is 0.375. The Hall–Kier alpha value is -1.81. The van der Waals surface area contributed by atoms with Crippen molar-refractivity contribution in [3.63, 3.8) is 0 Å². The summed E-state index contributed by atoms with van der Waals surface area (Å²) >= 11 is 5.81. The van der Waals surface area contributed by atoms with E-state index in [1.165, 1.54) is 0 Å². The third kappa shape index (κ3) is 6.00. The molecular weight excluding hydrogens is 292 g/mol. The van der Waals surface area contributed by atoms with E-state index in [0.29, 0.717) is 10.8 Å². The topological polar surface area (TPSA) is 52.6 Å². The molecule has 21 heavy (non-hydrogen) atoms. The Kier molecular flexibility index (Phi) is 6.43. The van der Waals surface area contributed by atoms with Gasteiger partial charge in [-0.25, -0.2) is 9.59 Å². The van der Waals surface area contributed by atoms with Crippen molar-refractivity contribution in [2.75, 3.05) is 0 Å². The van der Waals surface area contributed by atoms with Crippen LogP contribution in [0.2, 0.25) is 5.02 Å². The first-order valence-corrected chi connectivity index (χ1v) is 7.04. The van der Waals surface area contributed by atoms with Gasteiger partial charge >= 0.3 is 11.9 Å². The lowest BCUT2D eigenvalue weighted by atomic mass is 10.1. The highest BCUT2D eigenvalue weighted by Crippen LogP contribution is 2.21. The van der Waals surface area contributed by atoms with Gasteiger partial charge in [0, 0.05) is 17.2 Å². The summed E-state index contributed by atoms with van der Waals surface area (Å²) in [4.78, 5) is 23.1. The Morgan fingerprint density at radius 1 is 1.14 bits per heavy atom. The monoisotopic (exact) mass is 310 g/mol. The number of halogens is 1. The second kappa shape index (κ2) is 7.84. The minimum Gasteiger partial charge on any atom is -0.459 e. The molecule has 114 valence electrons. The fourth-order valence-corrected chi connectivity index (χ4v) is 1.59. The lowest BCUT2D eigenvalue weighted by molar-refractivity contribution is -0.144. The lowest BCUT2D eigenvalue weighted by Gasteiger charge is -2.14. The Balaban J connectivity index is 2.57. The van der Waals surface area contributed by atoms with Crippen LogP contribution >= 0.6 is 11.6 Å². The average molecular weight is 311 g/mol. The van der Waals surface area contributed by atoms with E-state index in [1.807, 2.05) is 13.8 Å². The molecule has 1 rings (SSSR count). The van der Waals surface area contributed by atoms with E-state index in [2.05, 4.69) is 0 Å². The normalized spacial score (nSPS) is 12.5. The molecule has 0 aromatic heterocycles. The summed E-state index contributed by atoms with van der Waals surface area (Å²) in [6, 6.07) is 4.91. The molecule has 4 nitrogen and oxygen atoms in total. The third-order valence-corrected chi connectivity index (χ3v) is 3.18. The molecule has 0 saturated carbocycles. The quantitative estimate of drug-likeness (QED) is 0.473. The maximum Gasteiger partial charge on any atom is 0.336 e. The summed E-state index contributed by atoms with van der Waals surface area (Å²) in [5.41, 5.74) is 0.736. The molecule has 0 heterocycles. The van der Waals surface area contributed by atoms with Crippen LogP contribution in [0.25, 0.3) is 0 Å². The molecular formula is C16H19ClO4. The van der Waals surface area contributed by atoms with Crippen molar-refractivity contribution in [1.29, 1.82) is 0 Å². The minimum atomic E-state index is -0.644. The first-order chi connectivity index (χ1) is 9.79. The van der Waals surface area contributed by atoms with Gasteiger partial charge in [-0.1, -0.05) is 25.4 Å². The van der Waals surface area contributed by atoms with Gasteiger partial charge in [-0.2, -0.15) is 0 Å². The molecule has 1 aromatic rings. The Morgan fingerprint density at radius 3 is 2.33 bits per heavy atom. The molecule has 0 fully saturated rings. The summed E-state index contributed by atoms with van der Waals surface area (Å²) < 4.78 is 10.2. The summed E-state index contributed by atoms with van der Waals surface area (Å²) in [7, 11) is 0. The van der Waals surface area contributed by atoms with E-state index in [-0.39, 0.29) is 12.0 Å². The van der Waals surface area contributed by atoms with Gasteiger partial charge in [-0.3, -0.25) is 0 Å². The van der Waals surface area contributed by atoms with E-state index in [4.69, 9.17) is 21.1 Å². The van der Waals surface area contributed by atoms with Crippen molar-refractivity contribution in [3.05, 3.63) is 40.9 Å². The number of hydrogen-bond donors (Lipinski definition) is 0. The van der Waals surface area contributed by atoms with E-state index in [0.717, 1.165) is 17.7 Å². The highest BCUT2D eigenvalue weighted by molar-refractivity contribution is 6.30. The molecule has 1 atom stereocenters. The van der Waals surface area contributed by atoms with Gasteiger partial charge in [-0.05, 0) is 43.5 Å². The highest BCUT2D eigenvalue weighted by atomic mass is 35.5. The number of ether oxygens (including phenoxy) is 2. The van der Waals surface area contributed by atoms with Crippen molar-refractivity contribution < 1.29 is 19.1 Å². The standard InChI is InChI=1S/C16H19ClO4/c1-10(2)12(4)20-15(18)7-8-16(19)21-14-6-5-13(17)9-11(14)3/h5-10,12H,1-4H3/b8-7+. The predicted molar refractivity (Wildman–Crippen MR) is 81.4 cm³/mol. The number of esters is 2. The molecule has 0 aliphatic carbocycles. The molecule has 0 saturated heterocycles. The van der Waals surface area contributed by atoms with Crippen LogP contribution in [0.3, 0.4) is 0 Å². The van der Waals surface area contributed by atoms with Crippen molar-refractivity contribution >= 4 is 23.5 Å². The number of benzene rings is 1. The molecule has 1 aromatic carbocycles. The highest BCUT2D eigenvalue weighted by Gasteiger charge is 2.11. The van der Waals surface area contributed by atoms with Gasteiger partial charge in [0.25, 0.3) is 0 Å². The van der Waals surface area contributed by atoms with Crippen LogP contribution in [0.4, 0.5) is 0 Å². The Labute approximate surface area is 129 Å². The lowest BCUT2D eigenvalue weighted by Crippen LogP contribution is -2.19. The number of hydrogen-bond acceptors (Lipinski definition) is 4. The summed E-state index contributed by atoms with van der Waals surface area (Å²) in [5.74, 6) is -0.598. The van der Waals surface area contributed by atoms with Crippen LogP contribution in [0.15, 0.2) is 30.4 Å². The van der Waals surface area contributed by atoms with Gasteiger partial charge in [0.05, 0.1) is 0 Å². The molecule has 5 heteroatoms. The zero-order valence-electron chi connectivity index (χ0n) is 12.6. The van der Waals surface area contributed by atoms with Crippen molar-refractivity contribution in [1.82, 2.24) is 0 Å². The van der Waals surface area contributed by atoms with Crippen LogP contribution in [-0.4, -0.2) is 18.0 Å². The molecule has 0 spiro atoms. The predicted octanol–water partition coefficient (Wildman–Crippen LogP) is 3.70. The Bertz CT molecular complexity index is 549. The zero-order valence-corrected chi connectivity index (χ0v) is 13.3. The number of rotatable bonds is 5. The van der Waals surface area contributed by atoms with E-state index in [1.54, 1.807) is 32.0 Å². The van der Waals surface area contributed by atoms with Crippen LogP contribution in [0.5, 0.6) is 5.75 Å². The molecule has 0 aliphatic rings. The van der Waals surface area contributed by atoms with Gasteiger partial charge in [0.2, 0.25) is 0 Å². The maximum absolute atomic E-state index is 11.6. The number of carbonyl (C=O) groups is 2. The summed E-state index contributed by atoms with van der Waals surface area (Å²) in [6.45, 7) is 7.46. The third-order valence-electron chi connectivity index (χ3n) is 2.94. The van der Waals surface area contributed by atoms with Crippen LogP contribution in [0, 0.1) is 12.8 Å². The zero-order chi connectivity index (χ0) is 16.0. The number of aryl methyl sites for hydroxylation is 1. The molecule has 0 aliphatic heterocycles. The van der Waals surface area contributed by atoms with Crippen molar-refractivity contribution in [2.45, 2.75) is 33.8 Å². The molecule has 0 amide bonds. The van der Waals surface area contributed by atoms with E-state index >= 15 is 0 Å². The van der Waals surface area contributed by atoms with Gasteiger partial charge in [0.15, 0.2) is 0 Å². The molecule has 0 bridgehead atoms. The van der Waals surface area contributed by atoms with E-state index in [9.17, 15) is 9.59 Å². The molecule has 0 radical (unpaired) electrons. The smallest absolute Gasteiger partial charge is 0.336 e. The van der Waals surface area contributed by atoms with Gasteiger partial charge in [-0.15, -0.1) is 0 Å². The van der Waals surface area contributed by atoms with Crippen molar-refractivity contribution in [3.8, 4) is 5.75 Å². The SMILES string of the molecule is Cc1cc(Cl)ccc1OC(=O)/C=C/C(=O)OC(C)C(C)C. The summed E-state index contributed by atoms with van der Waals surface area (Å²) in [6.07, 6.45) is 1.90. The molecule has 0 N–H and O–H groups in total. The van der Waals surface area contributed by atoms with Crippen LogP contribution < -0.4 is 4.74 Å². The second-order valence-electron chi connectivity index (χ2n) is 5.05. The first-order valence-electron chi connectivity index (χ1n) is 6.66. The van der Waals surface area contributed by atoms with Gasteiger partial charge < -0.3 is 9.47 Å². The van der Waals surface area contributed by atoms with Crippen molar-refractivity contribution in [2.24, 2.45) is 5.92 Å². The Morgan fingerprint density at radius 2 is 1.76 bits per heavy atom. The van der Waals surface area contributed by atoms with Crippen LogP contribution in [-0.2, 0) is 14.3 Å². The second-order valence-corrected chi connectivity index (χ2v) is 5.49. The summed E-state index contributed by atoms with van der Waals surface area (Å²) in [5, 5.41) is 0.564. The van der Waals surface area contributed by atoms with E-state index < -0.39 is 11.9 Å². The fourth-order valence-electron chi connectivity index (χ4n) is 1.36.